The summed E-state index contributed by atoms with van der Waals surface area (Å²) in [5.74, 6) is 0. The second-order valence-corrected chi connectivity index (χ2v) is 10.4. The number of hydrogen-bond donors (Lipinski definition) is 0. The number of methoxy groups -OCH3 is 8. The van der Waals surface area contributed by atoms with E-state index in [1.807, 2.05) is 42.1 Å². The highest BCUT2D eigenvalue weighted by atomic mass is 16.5. The van der Waals surface area contributed by atoms with Gasteiger partial charge in [0.2, 0.25) is 0 Å². The summed E-state index contributed by atoms with van der Waals surface area (Å²) >= 11 is 0. The Kier molecular flexibility index (Phi) is 13.5. The molecule has 13 nitrogen and oxygen atoms in total. The van der Waals surface area contributed by atoms with Crippen molar-refractivity contribution in [1.29, 1.82) is 0 Å². The van der Waals surface area contributed by atoms with Crippen molar-refractivity contribution in [2.75, 3.05) is 83.3 Å². The predicted octanol–water partition coefficient (Wildman–Crippen LogP) is 1.28. The molecule has 8 atom stereocenters. The van der Waals surface area contributed by atoms with Gasteiger partial charge in [0.15, 0.2) is 0 Å². The normalized spacial score (nSPS) is 30.5. The molecular weight excluding hydrogens is 546 g/mol. The second-order valence-electron chi connectivity index (χ2n) is 10.4. The Labute approximate surface area is 250 Å². The molecule has 0 radical (unpaired) electrons. The summed E-state index contributed by atoms with van der Waals surface area (Å²) in [4.78, 5) is 4.93. The molecule has 42 heavy (non-hydrogen) atoms. The average molecular weight is 596 g/mol. The van der Waals surface area contributed by atoms with Crippen molar-refractivity contribution in [3.63, 3.8) is 0 Å². The summed E-state index contributed by atoms with van der Waals surface area (Å²) in [6, 6.07) is 5.15. The summed E-state index contributed by atoms with van der Waals surface area (Å²) in [6.07, 6.45) is -0.971. The smallest absolute Gasteiger partial charge is 0.110 e. The standard InChI is InChI=1S/C29H49N5O8/c1-18(31-33-22(14-35-3)26(39-7)27(40-8)23(33)15-36-4)20-12-11-13-21(30-20)19(2)32-34-24(16-37-5)28(41-9)29(42-10)25(34)17-38-6/h11-13,22-29H,14-17H2,1-10H3/b31-18+,32-19+/t22-,23-,24-,25-,26+,27+,28+,29+/m0/s1. The van der Waals surface area contributed by atoms with Crippen LogP contribution >= 0.6 is 0 Å². The van der Waals surface area contributed by atoms with E-state index in [1.54, 1.807) is 56.9 Å². The summed E-state index contributed by atoms with van der Waals surface area (Å²) < 4.78 is 45.4. The lowest BCUT2D eigenvalue weighted by molar-refractivity contribution is -0.0418. The first-order valence-electron chi connectivity index (χ1n) is 14.1. The molecule has 13 heteroatoms. The topological polar surface area (TPSA) is 118 Å². The summed E-state index contributed by atoms with van der Waals surface area (Å²) in [5.41, 5.74) is 2.90. The lowest BCUT2D eigenvalue weighted by atomic mass is 10.1. The molecule has 1 aromatic heterocycles. The number of nitrogens with zero attached hydrogens (tertiary/aromatic N) is 5. The van der Waals surface area contributed by atoms with Gasteiger partial charge in [-0.2, -0.15) is 10.2 Å². The van der Waals surface area contributed by atoms with E-state index in [4.69, 9.17) is 53.1 Å². The minimum atomic E-state index is -0.243. The van der Waals surface area contributed by atoms with Crippen LogP contribution in [0.15, 0.2) is 28.4 Å². The third kappa shape index (κ3) is 7.28. The highest BCUT2D eigenvalue weighted by molar-refractivity contribution is 6.00. The van der Waals surface area contributed by atoms with Crippen LogP contribution in [0.5, 0.6) is 0 Å². The van der Waals surface area contributed by atoms with E-state index in [9.17, 15) is 0 Å². The van der Waals surface area contributed by atoms with E-state index < -0.39 is 0 Å². The third-order valence-electron chi connectivity index (χ3n) is 7.98. The van der Waals surface area contributed by atoms with Gasteiger partial charge in [-0.25, -0.2) is 4.98 Å². The van der Waals surface area contributed by atoms with Crippen molar-refractivity contribution in [2.45, 2.75) is 62.4 Å². The van der Waals surface area contributed by atoms with Crippen molar-refractivity contribution >= 4 is 11.4 Å². The molecule has 0 bridgehead atoms. The monoisotopic (exact) mass is 595 g/mol. The molecule has 2 aliphatic heterocycles. The number of aromatic nitrogens is 1. The molecule has 238 valence electrons. The molecule has 0 amide bonds. The van der Waals surface area contributed by atoms with Crippen LogP contribution in [0.25, 0.3) is 0 Å². The number of rotatable bonds is 16. The number of hydrazone groups is 2. The van der Waals surface area contributed by atoms with Crippen LogP contribution in [0.1, 0.15) is 25.2 Å². The fourth-order valence-electron chi connectivity index (χ4n) is 6.09. The predicted molar refractivity (Wildman–Crippen MR) is 158 cm³/mol. The Hall–Kier alpha value is -2.23. The van der Waals surface area contributed by atoms with E-state index >= 15 is 0 Å². The molecule has 0 unspecified atom stereocenters. The maximum Gasteiger partial charge on any atom is 0.110 e. The average Bonchev–Trinajstić information content (AvgIpc) is 3.43. The first kappa shape index (κ1) is 34.3. The van der Waals surface area contributed by atoms with Gasteiger partial charge in [0.05, 0.1) is 73.4 Å². The Morgan fingerprint density at radius 1 is 0.571 bits per heavy atom. The van der Waals surface area contributed by atoms with E-state index in [0.717, 1.165) is 22.8 Å². The van der Waals surface area contributed by atoms with E-state index in [1.165, 1.54) is 0 Å². The van der Waals surface area contributed by atoms with Crippen molar-refractivity contribution in [3.05, 3.63) is 29.6 Å². The van der Waals surface area contributed by atoms with Crippen molar-refractivity contribution in [3.8, 4) is 0 Å². The Bertz CT molecular complexity index is 914. The minimum absolute atomic E-state index is 0.167. The molecule has 3 heterocycles. The first-order chi connectivity index (χ1) is 20.3. The molecule has 3 rings (SSSR count). The highest BCUT2D eigenvalue weighted by Crippen LogP contribution is 2.32. The number of ether oxygens (including phenoxy) is 8. The Morgan fingerprint density at radius 3 is 1.10 bits per heavy atom. The highest BCUT2D eigenvalue weighted by Gasteiger charge is 2.51. The number of pyridine rings is 1. The molecule has 2 aliphatic rings. The molecule has 0 N–H and O–H groups in total. The van der Waals surface area contributed by atoms with E-state index in [-0.39, 0.29) is 48.6 Å². The second kappa shape index (κ2) is 16.6. The lowest BCUT2D eigenvalue weighted by Crippen LogP contribution is -2.41. The first-order valence-corrected chi connectivity index (χ1v) is 14.1. The van der Waals surface area contributed by atoms with Gasteiger partial charge in [-0.1, -0.05) is 6.07 Å². The molecule has 2 fully saturated rings. The zero-order valence-corrected chi connectivity index (χ0v) is 26.7. The maximum absolute atomic E-state index is 5.83. The minimum Gasteiger partial charge on any atom is -0.382 e. The van der Waals surface area contributed by atoms with Crippen LogP contribution in [0.4, 0.5) is 0 Å². The number of hydrogen-bond acceptors (Lipinski definition) is 13. The van der Waals surface area contributed by atoms with Gasteiger partial charge >= 0.3 is 0 Å². The van der Waals surface area contributed by atoms with Gasteiger partial charge in [-0.05, 0) is 26.0 Å². The van der Waals surface area contributed by atoms with Crippen LogP contribution in [0.3, 0.4) is 0 Å². The fourth-order valence-corrected chi connectivity index (χ4v) is 6.09. The third-order valence-corrected chi connectivity index (χ3v) is 7.98. The maximum atomic E-state index is 5.83. The van der Waals surface area contributed by atoms with Crippen molar-refractivity contribution in [2.24, 2.45) is 10.2 Å². The molecule has 0 spiro atoms. The van der Waals surface area contributed by atoms with E-state index in [0.29, 0.717) is 26.4 Å². The molecular formula is C29H49N5O8. The zero-order chi connectivity index (χ0) is 30.8. The Balaban J connectivity index is 1.96. The summed E-state index contributed by atoms with van der Waals surface area (Å²) in [6.45, 7) is 5.54. The van der Waals surface area contributed by atoms with Crippen LogP contribution < -0.4 is 0 Å². The van der Waals surface area contributed by atoms with Gasteiger partial charge in [-0.3, -0.25) is 10.0 Å². The van der Waals surface area contributed by atoms with Crippen molar-refractivity contribution in [1.82, 2.24) is 15.0 Å². The lowest BCUT2D eigenvalue weighted by Gasteiger charge is -2.28. The van der Waals surface area contributed by atoms with Gasteiger partial charge in [0.1, 0.15) is 24.4 Å². The van der Waals surface area contributed by atoms with Crippen LogP contribution in [0, 0.1) is 0 Å². The fraction of sp³-hybridized carbons (Fsp3) is 0.759. The quantitative estimate of drug-likeness (QED) is 0.257. The van der Waals surface area contributed by atoms with Gasteiger partial charge in [0.25, 0.3) is 0 Å². The summed E-state index contributed by atoms with van der Waals surface area (Å²) in [7, 11) is 13.4. The molecule has 0 aromatic carbocycles. The van der Waals surface area contributed by atoms with Crippen LogP contribution in [-0.4, -0.2) is 158 Å². The molecule has 0 saturated carbocycles. The van der Waals surface area contributed by atoms with Gasteiger partial charge in [0, 0.05) is 56.9 Å². The summed E-state index contributed by atoms with van der Waals surface area (Å²) in [5, 5.41) is 14.0. The van der Waals surface area contributed by atoms with Gasteiger partial charge < -0.3 is 37.9 Å². The molecule has 0 aliphatic carbocycles. The zero-order valence-electron chi connectivity index (χ0n) is 26.7. The van der Waals surface area contributed by atoms with E-state index in [2.05, 4.69) is 0 Å². The Morgan fingerprint density at radius 2 is 0.857 bits per heavy atom. The largest absolute Gasteiger partial charge is 0.382 e. The van der Waals surface area contributed by atoms with Gasteiger partial charge in [-0.15, -0.1) is 0 Å². The molecule has 2 saturated heterocycles. The van der Waals surface area contributed by atoms with Crippen LogP contribution in [0.2, 0.25) is 0 Å². The van der Waals surface area contributed by atoms with Crippen LogP contribution in [-0.2, 0) is 37.9 Å². The SMILES string of the molecule is COC[C@H]1[C@@H](OC)[C@H](OC)[C@H](COC)N1/N=C(\C)c1cccc(/C(C)=N/N2[C@@H](COC)[C@@H](OC)[C@H](OC)[C@@H]2COC)n1. The van der Waals surface area contributed by atoms with Crippen molar-refractivity contribution < 1.29 is 37.9 Å². The molecule has 1 aromatic rings.